The van der Waals surface area contributed by atoms with Gasteiger partial charge in [-0.15, -0.1) is 0 Å². The number of nitriles is 1. The van der Waals surface area contributed by atoms with Crippen molar-refractivity contribution < 1.29 is 18.0 Å². The van der Waals surface area contributed by atoms with E-state index < -0.39 is 17.8 Å². The quantitative estimate of drug-likeness (QED) is 0.736. The topological polar surface area (TPSA) is 74.0 Å². The maximum absolute atomic E-state index is 14.8. The number of benzene rings is 1. The molecule has 0 spiro atoms. The molecule has 1 aromatic heterocycles. The number of halogens is 3. The summed E-state index contributed by atoms with van der Waals surface area (Å²) in [6.45, 7) is 4.40. The molecule has 29 heavy (non-hydrogen) atoms. The molecule has 0 fully saturated rings. The number of urea groups is 1. The van der Waals surface area contributed by atoms with Gasteiger partial charge in [0.1, 0.15) is 17.6 Å². The van der Waals surface area contributed by atoms with Crippen LogP contribution in [0.5, 0.6) is 0 Å². The van der Waals surface area contributed by atoms with Crippen molar-refractivity contribution in [2.75, 3.05) is 11.9 Å². The Morgan fingerprint density at radius 3 is 2.86 bits per heavy atom. The second-order valence-electron chi connectivity index (χ2n) is 7.29. The summed E-state index contributed by atoms with van der Waals surface area (Å²) in [7, 11) is 0. The van der Waals surface area contributed by atoms with Gasteiger partial charge in [-0.05, 0) is 24.6 Å². The Labute approximate surface area is 165 Å². The van der Waals surface area contributed by atoms with Crippen LogP contribution >= 0.6 is 0 Å². The summed E-state index contributed by atoms with van der Waals surface area (Å²) < 4.78 is 44.3. The van der Waals surface area contributed by atoms with Crippen LogP contribution in [-0.2, 0) is 25.4 Å². The number of fused-ring (bicyclic) bond motifs is 3. The fraction of sp³-hybridized carbons (Fsp3) is 0.350. The molecular formula is C20H18F3N5O. The van der Waals surface area contributed by atoms with Crippen LogP contribution in [0.3, 0.4) is 0 Å². The van der Waals surface area contributed by atoms with E-state index >= 15 is 0 Å². The van der Waals surface area contributed by atoms with Gasteiger partial charge in [-0.2, -0.15) is 19.1 Å². The molecule has 3 heterocycles. The third-order valence-electron chi connectivity index (χ3n) is 5.24. The van der Waals surface area contributed by atoms with E-state index in [2.05, 4.69) is 17.0 Å². The molecule has 0 saturated carbocycles. The highest BCUT2D eigenvalue weighted by molar-refractivity contribution is 5.89. The predicted molar refractivity (Wildman–Crippen MR) is 98.7 cm³/mol. The first-order valence-corrected chi connectivity index (χ1v) is 9.17. The molecular weight excluding hydrogens is 383 g/mol. The SMILES string of the molecule is C=C1CCC(F)(F)c2c3c(nn2C1)CCN(C(=O)Nc1ccc(F)c(C#N)c1)C3. The van der Waals surface area contributed by atoms with Crippen LogP contribution in [0.1, 0.15) is 35.4 Å². The van der Waals surface area contributed by atoms with Crippen LogP contribution in [-0.4, -0.2) is 27.3 Å². The average molecular weight is 401 g/mol. The number of nitrogens with zero attached hydrogens (tertiary/aromatic N) is 4. The molecule has 0 atom stereocenters. The number of carbonyl (C=O) groups excluding carboxylic acids is 1. The molecule has 2 amide bonds. The van der Waals surface area contributed by atoms with Crippen LogP contribution in [0.15, 0.2) is 30.4 Å². The highest BCUT2D eigenvalue weighted by Crippen LogP contribution is 2.41. The van der Waals surface area contributed by atoms with E-state index in [9.17, 15) is 18.0 Å². The number of rotatable bonds is 1. The zero-order valence-corrected chi connectivity index (χ0v) is 15.5. The number of carbonyl (C=O) groups is 1. The number of amides is 2. The lowest BCUT2D eigenvalue weighted by Crippen LogP contribution is -2.39. The van der Waals surface area contributed by atoms with Gasteiger partial charge in [-0.1, -0.05) is 12.2 Å². The second-order valence-corrected chi connectivity index (χ2v) is 7.29. The van der Waals surface area contributed by atoms with Gasteiger partial charge in [0.25, 0.3) is 5.92 Å². The van der Waals surface area contributed by atoms with Gasteiger partial charge < -0.3 is 10.2 Å². The summed E-state index contributed by atoms with van der Waals surface area (Å²) >= 11 is 0. The van der Waals surface area contributed by atoms with Crippen molar-refractivity contribution in [1.82, 2.24) is 14.7 Å². The number of anilines is 1. The predicted octanol–water partition coefficient (Wildman–Crippen LogP) is 3.93. The molecule has 0 aliphatic carbocycles. The number of hydrogen-bond acceptors (Lipinski definition) is 3. The molecule has 9 heteroatoms. The summed E-state index contributed by atoms with van der Waals surface area (Å²) in [5.74, 6) is -3.72. The van der Waals surface area contributed by atoms with Crippen LogP contribution in [0.2, 0.25) is 0 Å². The highest BCUT2D eigenvalue weighted by Gasteiger charge is 2.42. The molecule has 1 N–H and O–H groups in total. The number of allylic oxidation sites excluding steroid dienone is 1. The Morgan fingerprint density at radius 2 is 2.10 bits per heavy atom. The molecule has 0 bridgehead atoms. The Bertz CT molecular complexity index is 1050. The van der Waals surface area contributed by atoms with E-state index in [1.807, 2.05) is 0 Å². The minimum atomic E-state index is -3.04. The van der Waals surface area contributed by atoms with Crippen LogP contribution < -0.4 is 5.32 Å². The summed E-state index contributed by atoms with van der Waals surface area (Å²) in [6.07, 6.45) is 0.252. The molecule has 2 aliphatic rings. The van der Waals surface area contributed by atoms with Crippen LogP contribution in [0.4, 0.5) is 23.7 Å². The third kappa shape index (κ3) is 3.46. The first kappa shape index (κ1) is 19.1. The van der Waals surface area contributed by atoms with E-state index in [1.54, 1.807) is 6.07 Å². The molecule has 4 rings (SSSR count). The van der Waals surface area contributed by atoms with E-state index in [0.29, 0.717) is 29.8 Å². The fourth-order valence-corrected chi connectivity index (χ4v) is 3.76. The largest absolute Gasteiger partial charge is 0.322 e. The number of aromatic nitrogens is 2. The van der Waals surface area contributed by atoms with E-state index in [1.165, 1.54) is 21.7 Å². The number of alkyl halides is 2. The van der Waals surface area contributed by atoms with Crippen LogP contribution in [0, 0.1) is 17.1 Å². The van der Waals surface area contributed by atoms with Gasteiger partial charge in [0.15, 0.2) is 0 Å². The smallest absolute Gasteiger partial charge is 0.320 e. The molecule has 0 unspecified atom stereocenters. The summed E-state index contributed by atoms with van der Waals surface area (Å²) in [4.78, 5) is 14.1. The minimum absolute atomic E-state index is 0.00483. The van der Waals surface area contributed by atoms with Crippen molar-refractivity contribution in [3.63, 3.8) is 0 Å². The Kier molecular flexibility index (Phi) is 4.57. The van der Waals surface area contributed by atoms with Gasteiger partial charge in [0, 0.05) is 30.6 Å². The van der Waals surface area contributed by atoms with E-state index in [4.69, 9.17) is 5.26 Å². The van der Waals surface area contributed by atoms with Gasteiger partial charge in [-0.25, -0.2) is 9.18 Å². The van der Waals surface area contributed by atoms with Crippen LogP contribution in [0.25, 0.3) is 0 Å². The Hall–Kier alpha value is -3.28. The van der Waals surface area contributed by atoms with E-state index in [-0.39, 0.29) is 42.9 Å². The standard InChI is InChI=1S/C20H18F3N5O/c1-12-4-6-20(22,23)18-15-11-27(7-5-17(15)26-28(18)10-12)19(29)25-14-2-3-16(21)13(8-14)9-24/h2-3,8H,1,4-7,10-11H2,(H,25,29). The van der Waals surface area contributed by atoms with E-state index in [0.717, 1.165) is 6.07 Å². The van der Waals surface area contributed by atoms with Gasteiger partial charge >= 0.3 is 6.03 Å². The second kappa shape index (κ2) is 6.95. The van der Waals surface area contributed by atoms with Gasteiger partial charge in [0.2, 0.25) is 0 Å². The molecule has 150 valence electrons. The number of hydrogen-bond donors (Lipinski definition) is 1. The molecule has 6 nitrogen and oxygen atoms in total. The Balaban J connectivity index is 1.58. The first-order chi connectivity index (χ1) is 13.8. The fourth-order valence-electron chi connectivity index (χ4n) is 3.76. The Morgan fingerprint density at radius 1 is 1.31 bits per heavy atom. The highest BCUT2D eigenvalue weighted by atomic mass is 19.3. The molecule has 0 saturated heterocycles. The minimum Gasteiger partial charge on any atom is -0.320 e. The third-order valence-corrected chi connectivity index (χ3v) is 5.24. The summed E-state index contributed by atoms with van der Waals surface area (Å²) in [5, 5.41) is 15.9. The van der Waals surface area contributed by atoms with Crippen molar-refractivity contribution in [2.24, 2.45) is 0 Å². The van der Waals surface area contributed by atoms with Crippen molar-refractivity contribution in [2.45, 2.75) is 38.3 Å². The zero-order valence-electron chi connectivity index (χ0n) is 15.5. The summed E-state index contributed by atoms with van der Waals surface area (Å²) in [6, 6.07) is 4.87. The normalized spacial score (nSPS) is 17.7. The van der Waals surface area contributed by atoms with Crippen molar-refractivity contribution in [1.29, 1.82) is 5.26 Å². The maximum atomic E-state index is 14.8. The molecule has 2 aromatic rings. The lowest BCUT2D eigenvalue weighted by atomic mass is 10.00. The van der Waals surface area contributed by atoms with Gasteiger partial charge in [-0.3, -0.25) is 4.68 Å². The first-order valence-electron chi connectivity index (χ1n) is 9.17. The van der Waals surface area contributed by atoms with Crippen molar-refractivity contribution in [3.05, 3.63) is 58.7 Å². The lowest BCUT2D eigenvalue weighted by Gasteiger charge is -2.28. The monoisotopic (exact) mass is 401 g/mol. The van der Waals surface area contributed by atoms with Gasteiger partial charge in [0.05, 0.1) is 24.3 Å². The number of nitrogens with one attached hydrogen (secondary N) is 1. The average Bonchev–Trinajstić information content (AvgIpc) is 3.00. The zero-order chi connectivity index (χ0) is 20.8. The molecule has 1 aromatic carbocycles. The summed E-state index contributed by atoms with van der Waals surface area (Å²) in [5.41, 5.74) is 1.58. The lowest BCUT2D eigenvalue weighted by molar-refractivity contribution is -0.0194. The maximum Gasteiger partial charge on any atom is 0.322 e. The molecule has 2 aliphatic heterocycles. The van der Waals surface area contributed by atoms with Crippen molar-refractivity contribution >= 4 is 11.7 Å². The van der Waals surface area contributed by atoms with Crippen molar-refractivity contribution in [3.8, 4) is 6.07 Å². The molecule has 0 radical (unpaired) electrons.